The molecule has 0 amide bonds. The van der Waals surface area contributed by atoms with Crippen molar-refractivity contribution in [3.63, 3.8) is 0 Å². The van der Waals surface area contributed by atoms with Crippen LogP contribution in [0.25, 0.3) is 10.9 Å². The second-order valence-electron chi connectivity index (χ2n) is 6.32. The summed E-state index contributed by atoms with van der Waals surface area (Å²) >= 11 is 6.03. The normalized spacial score (nSPS) is 22.4. The van der Waals surface area contributed by atoms with Crippen molar-refractivity contribution < 1.29 is 0 Å². The predicted octanol–water partition coefficient (Wildman–Crippen LogP) is 4.99. The van der Waals surface area contributed by atoms with E-state index in [1.807, 2.05) is 6.07 Å². The van der Waals surface area contributed by atoms with Gasteiger partial charge in [-0.15, -0.1) is 11.6 Å². The van der Waals surface area contributed by atoms with Crippen molar-refractivity contribution in [1.82, 2.24) is 4.98 Å². The molecule has 1 aromatic carbocycles. The fraction of sp³-hybridized carbons (Fsp3) is 0.500. The van der Waals surface area contributed by atoms with Gasteiger partial charge in [-0.2, -0.15) is 0 Å². The molecule has 0 bridgehead atoms. The van der Waals surface area contributed by atoms with Gasteiger partial charge in [-0.1, -0.05) is 38.0 Å². The zero-order valence-electron chi connectivity index (χ0n) is 12.8. The molecular weight excluding hydrogens is 280 g/mol. The minimum absolute atomic E-state index is 0.465. The zero-order valence-corrected chi connectivity index (χ0v) is 13.6. The summed E-state index contributed by atoms with van der Waals surface area (Å²) in [5.74, 6) is 1.29. The molecule has 1 fully saturated rings. The van der Waals surface area contributed by atoms with Crippen LogP contribution in [0.3, 0.4) is 0 Å². The molecule has 112 valence electrons. The molecule has 1 aromatic heterocycles. The summed E-state index contributed by atoms with van der Waals surface area (Å²) < 4.78 is 0. The number of halogens is 1. The van der Waals surface area contributed by atoms with Crippen LogP contribution in [0.15, 0.2) is 30.3 Å². The molecule has 1 heterocycles. The number of benzene rings is 1. The van der Waals surface area contributed by atoms with E-state index in [-0.39, 0.29) is 0 Å². The summed E-state index contributed by atoms with van der Waals surface area (Å²) in [6.45, 7) is 2.37. The average molecular weight is 303 g/mol. The third kappa shape index (κ3) is 3.01. The van der Waals surface area contributed by atoms with Gasteiger partial charge in [-0.25, -0.2) is 0 Å². The number of hydrogen-bond donors (Lipinski definition) is 0. The Labute approximate surface area is 132 Å². The van der Waals surface area contributed by atoms with Crippen LogP contribution in [0, 0.1) is 5.92 Å². The van der Waals surface area contributed by atoms with Crippen LogP contribution in [-0.4, -0.2) is 18.1 Å². The van der Waals surface area contributed by atoms with E-state index in [2.05, 4.69) is 48.1 Å². The monoisotopic (exact) mass is 302 g/mol. The molecule has 2 unspecified atom stereocenters. The number of nitrogens with zero attached hydrogens (tertiary/aromatic N) is 2. The van der Waals surface area contributed by atoms with Crippen molar-refractivity contribution >= 4 is 28.2 Å². The number of hydrogen-bond acceptors (Lipinski definition) is 2. The lowest BCUT2D eigenvalue weighted by molar-refractivity contribution is 0.337. The highest BCUT2D eigenvalue weighted by molar-refractivity contribution is 6.17. The molecule has 3 rings (SSSR count). The Morgan fingerprint density at radius 1 is 1.29 bits per heavy atom. The highest BCUT2D eigenvalue weighted by Crippen LogP contribution is 2.33. The molecule has 21 heavy (non-hydrogen) atoms. The number of anilines is 1. The van der Waals surface area contributed by atoms with E-state index in [0.717, 1.165) is 17.1 Å². The summed E-state index contributed by atoms with van der Waals surface area (Å²) in [7, 11) is 2.22. The largest absolute Gasteiger partial charge is 0.371 e. The molecule has 0 spiro atoms. The van der Waals surface area contributed by atoms with Crippen LogP contribution in [0.4, 0.5) is 5.69 Å². The molecule has 0 radical (unpaired) electrons. The fourth-order valence-electron chi connectivity index (χ4n) is 3.52. The first-order chi connectivity index (χ1) is 10.2. The molecule has 2 aromatic rings. The molecule has 0 N–H and O–H groups in total. The third-order valence-corrected chi connectivity index (χ3v) is 4.99. The Balaban J connectivity index is 2.01. The van der Waals surface area contributed by atoms with Gasteiger partial charge in [0.15, 0.2) is 0 Å². The number of para-hydroxylation sites is 1. The molecule has 3 heteroatoms. The van der Waals surface area contributed by atoms with Gasteiger partial charge in [0, 0.05) is 24.2 Å². The Morgan fingerprint density at radius 2 is 2.10 bits per heavy atom. The topological polar surface area (TPSA) is 16.1 Å². The maximum atomic E-state index is 6.03. The summed E-state index contributed by atoms with van der Waals surface area (Å²) in [6.07, 6.45) is 5.27. The zero-order chi connectivity index (χ0) is 14.8. The highest BCUT2D eigenvalue weighted by Gasteiger charge is 2.24. The second kappa shape index (κ2) is 6.23. The Hall–Kier alpha value is -1.28. The summed E-state index contributed by atoms with van der Waals surface area (Å²) in [5, 5.41) is 1.23. The number of pyridine rings is 1. The van der Waals surface area contributed by atoms with E-state index in [1.165, 1.54) is 36.8 Å². The minimum atomic E-state index is 0.465. The van der Waals surface area contributed by atoms with E-state index in [9.17, 15) is 0 Å². The van der Waals surface area contributed by atoms with E-state index in [4.69, 9.17) is 11.6 Å². The Kier molecular flexibility index (Phi) is 4.34. The number of alkyl halides is 1. The highest BCUT2D eigenvalue weighted by atomic mass is 35.5. The van der Waals surface area contributed by atoms with Gasteiger partial charge < -0.3 is 4.90 Å². The molecular formula is C18H23ClN2. The van der Waals surface area contributed by atoms with Gasteiger partial charge >= 0.3 is 0 Å². The molecule has 1 aliphatic rings. The van der Waals surface area contributed by atoms with Crippen LogP contribution in [0.5, 0.6) is 0 Å². The summed E-state index contributed by atoms with van der Waals surface area (Å²) in [5.41, 5.74) is 3.28. The van der Waals surface area contributed by atoms with Gasteiger partial charge in [-0.05, 0) is 30.9 Å². The number of rotatable bonds is 3. The molecule has 0 saturated heterocycles. The second-order valence-corrected chi connectivity index (χ2v) is 6.59. The van der Waals surface area contributed by atoms with Crippen molar-refractivity contribution in [3.8, 4) is 0 Å². The number of aromatic nitrogens is 1. The van der Waals surface area contributed by atoms with E-state index < -0.39 is 0 Å². The van der Waals surface area contributed by atoms with Crippen molar-refractivity contribution in [2.75, 3.05) is 11.9 Å². The van der Waals surface area contributed by atoms with Crippen molar-refractivity contribution in [3.05, 3.63) is 36.0 Å². The van der Waals surface area contributed by atoms with Crippen molar-refractivity contribution in [1.29, 1.82) is 0 Å². The van der Waals surface area contributed by atoms with Crippen LogP contribution < -0.4 is 4.90 Å². The van der Waals surface area contributed by atoms with Crippen molar-refractivity contribution in [2.45, 2.75) is 44.5 Å². The number of fused-ring (bicyclic) bond motifs is 1. The van der Waals surface area contributed by atoms with Gasteiger partial charge in [0.2, 0.25) is 0 Å². The molecule has 0 aliphatic heterocycles. The fourth-order valence-corrected chi connectivity index (χ4v) is 3.66. The van der Waals surface area contributed by atoms with Gasteiger partial charge in [0.05, 0.1) is 17.1 Å². The molecule has 1 saturated carbocycles. The lowest BCUT2D eigenvalue weighted by atomic mass is 9.86. The molecule has 2 atom stereocenters. The van der Waals surface area contributed by atoms with Crippen LogP contribution in [-0.2, 0) is 5.88 Å². The lowest BCUT2D eigenvalue weighted by Crippen LogP contribution is -2.35. The van der Waals surface area contributed by atoms with Gasteiger partial charge in [0.25, 0.3) is 0 Å². The quantitative estimate of drug-likeness (QED) is 0.743. The van der Waals surface area contributed by atoms with Gasteiger partial charge in [-0.3, -0.25) is 4.98 Å². The average Bonchev–Trinajstić information content (AvgIpc) is 2.53. The standard InChI is InChI=1S/C18H23ClN2/c1-13-6-5-7-15(10-13)21(2)18-11-14(12-19)20-17-9-4-3-8-16(17)18/h3-4,8-9,11,13,15H,5-7,10,12H2,1-2H3. The minimum Gasteiger partial charge on any atom is -0.371 e. The molecule has 1 aliphatic carbocycles. The summed E-state index contributed by atoms with van der Waals surface area (Å²) in [6, 6.07) is 11.2. The van der Waals surface area contributed by atoms with Crippen LogP contribution in [0.1, 0.15) is 38.3 Å². The third-order valence-electron chi connectivity index (χ3n) is 4.72. The maximum Gasteiger partial charge on any atom is 0.0726 e. The summed E-state index contributed by atoms with van der Waals surface area (Å²) in [4.78, 5) is 7.09. The van der Waals surface area contributed by atoms with Crippen LogP contribution in [0.2, 0.25) is 0 Å². The van der Waals surface area contributed by atoms with Crippen LogP contribution >= 0.6 is 11.6 Å². The first-order valence-electron chi connectivity index (χ1n) is 7.86. The SMILES string of the molecule is CC1CCCC(N(C)c2cc(CCl)nc3ccccc23)C1. The Bertz CT molecular complexity index is 626. The van der Waals surface area contributed by atoms with E-state index >= 15 is 0 Å². The smallest absolute Gasteiger partial charge is 0.0726 e. The maximum absolute atomic E-state index is 6.03. The van der Waals surface area contributed by atoms with E-state index in [0.29, 0.717) is 11.9 Å². The van der Waals surface area contributed by atoms with E-state index in [1.54, 1.807) is 0 Å². The first-order valence-corrected chi connectivity index (χ1v) is 8.40. The van der Waals surface area contributed by atoms with Gasteiger partial charge in [0.1, 0.15) is 0 Å². The molecule has 2 nitrogen and oxygen atoms in total. The predicted molar refractivity (Wildman–Crippen MR) is 91.1 cm³/mol. The lowest BCUT2D eigenvalue weighted by Gasteiger charge is -2.36. The Morgan fingerprint density at radius 3 is 2.86 bits per heavy atom. The van der Waals surface area contributed by atoms with Crippen molar-refractivity contribution in [2.24, 2.45) is 5.92 Å². The first kappa shape index (κ1) is 14.6.